The minimum absolute atomic E-state index is 0.118. The van der Waals surface area contributed by atoms with Crippen molar-refractivity contribution in [2.24, 2.45) is 5.73 Å². The lowest BCUT2D eigenvalue weighted by molar-refractivity contribution is 0.174. The SMILES string of the molecule is NC(CSc1ncccc1Cl)c1ccc2c(c1)OCO2. The summed E-state index contributed by atoms with van der Waals surface area (Å²) in [7, 11) is 0. The first-order chi connectivity index (χ1) is 9.74. The summed E-state index contributed by atoms with van der Waals surface area (Å²) >= 11 is 7.61. The summed E-state index contributed by atoms with van der Waals surface area (Å²) in [4.78, 5) is 4.23. The zero-order valence-electron chi connectivity index (χ0n) is 10.6. The predicted molar refractivity (Wildman–Crippen MR) is 79.5 cm³/mol. The predicted octanol–water partition coefficient (Wildman–Crippen LogP) is 3.26. The van der Waals surface area contributed by atoms with Crippen molar-refractivity contribution in [1.29, 1.82) is 0 Å². The third-order valence-electron chi connectivity index (χ3n) is 2.95. The highest BCUT2D eigenvalue weighted by molar-refractivity contribution is 7.99. The first-order valence-electron chi connectivity index (χ1n) is 6.12. The molecule has 1 aromatic carbocycles. The highest BCUT2D eigenvalue weighted by Gasteiger charge is 2.16. The number of pyridine rings is 1. The highest BCUT2D eigenvalue weighted by Crippen LogP contribution is 2.35. The molecular weight excluding hydrogens is 296 g/mol. The van der Waals surface area contributed by atoms with Crippen LogP contribution in [0.4, 0.5) is 0 Å². The first kappa shape index (κ1) is 13.5. The van der Waals surface area contributed by atoms with Gasteiger partial charge < -0.3 is 15.2 Å². The molecule has 0 spiro atoms. The third-order valence-corrected chi connectivity index (χ3v) is 4.49. The molecule has 0 amide bonds. The molecule has 6 heteroatoms. The molecule has 20 heavy (non-hydrogen) atoms. The fourth-order valence-electron chi connectivity index (χ4n) is 1.89. The van der Waals surface area contributed by atoms with Crippen LogP contribution in [-0.2, 0) is 0 Å². The van der Waals surface area contributed by atoms with Gasteiger partial charge in [0.05, 0.1) is 5.02 Å². The van der Waals surface area contributed by atoms with E-state index in [4.69, 9.17) is 26.8 Å². The summed E-state index contributed by atoms with van der Waals surface area (Å²) in [5.74, 6) is 2.20. The lowest BCUT2D eigenvalue weighted by Gasteiger charge is -2.12. The fraction of sp³-hybridized carbons (Fsp3) is 0.214. The zero-order chi connectivity index (χ0) is 13.9. The molecule has 2 aromatic rings. The molecule has 1 aromatic heterocycles. The van der Waals surface area contributed by atoms with Crippen LogP contribution in [0.15, 0.2) is 41.6 Å². The Hall–Kier alpha value is -1.43. The molecule has 0 saturated heterocycles. The maximum absolute atomic E-state index is 6.20. The van der Waals surface area contributed by atoms with E-state index in [9.17, 15) is 0 Å². The van der Waals surface area contributed by atoms with E-state index in [1.807, 2.05) is 30.3 Å². The largest absolute Gasteiger partial charge is 0.454 e. The maximum atomic E-state index is 6.20. The Morgan fingerprint density at radius 1 is 1.30 bits per heavy atom. The van der Waals surface area contributed by atoms with Crippen molar-refractivity contribution in [1.82, 2.24) is 4.98 Å². The zero-order valence-corrected chi connectivity index (χ0v) is 12.2. The topological polar surface area (TPSA) is 57.4 Å². The quantitative estimate of drug-likeness (QED) is 0.879. The molecule has 1 aliphatic rings. The van der Waals surface area contributed by atoms with Crippen LogP contribution in [0.3, 0.4) is 0 Å². The Balaban J connectivity index is 1.67. The van der Waals surface area contributed by atoms with Gasteiger partial charge in [0, 0.05) is 18.0 Å². The highest BCUT2D eigenvalue weighted by atomic mass is 35.5. The average Bonchev–Trinajstić information content (AvgIpc) is 2.93. The van der Waals surface area contributed by atoms with Gasteiger partial charge in [0.25, 0.3) is 0 Å². The second-order valence-corrected chi connectivity index (χ2v) is 5.74. The summed E-state index contributed by atoms with van der Waals surface area (Å²) in [6.45, 7) is 0.270. The van der Waals surface area contributed by atoms with Gasteiger partial charge in [-0.05, 0) is 29.8 Å². The molecular formula is C14H13ClN2O2S. The van der Waals surface area contributed by atoms with E-state index in [-0.39, 0.29) is 12.8 Å². The van der Waals surface area contributed by atoms with Crippen LogP contribution in [0.5, 0.6) is 11.5 Å². The van der Waals surface area contributed by atoms with E-state index in [1.54, 1.807) is 18.0 Å². The molecule has 104 valence electrons. The molecule has 0 saturated carbocycles. The smallest absolute Gasteiger partial charge is 0.231 e. The lowest BCUT2D eigenvalue weighted by Crippen LogP contribution is -2.13. The molecule has 1 aliphatic heterocycles. The van der Waals surface area contributed by atoms with Crippen LogP contribution >= 0.6 is 23.4 Å². The number of ether oxygens (including phenoxy) is 2. The van der Waals surface area contributed by atoms with E-state index in [0.717, 1.165) is 22.1 Å². The van der Waals surface area contributed by atoms with Gasteiger partial charge in [-0.2, -0.15) is 0 Å². The van der Waals surface area contributed by atoms with E-state index in [1.165, 1.54) is 0 Å². The Morgan fingerprint density at radius 2 is 2.15 bits per heavy atom. The molecule has 0 bridgehead atoms. The van der Waals surface area contributed by atoms with Gasteiger partial charge >= 0.3 is 0 Å². The summed E-state index contributed by atoms with van der Waals surface area (Å²) in [6, 6.07) is 9.28. The van der Waals surface area contributed by atoms with Crippen molar-refractivity contribution < 1.29 is 9.47 Å². The summed E-state index contributed by atoms with van der Waals surface area (Å²) in [6.07, 6.45) is 1.72. The lowest BCUT2D eigenvalue weighted by atomic mass is 10.1. The Labute approximate surface area is 126 Å². The van der Waals surface area contributed by atoms with Crippen LogP contribution in [0, 0.1) is 0 Å². The van der Waals surface area contributed by atoms with Gasteiger partial charge in [-0.3, -0.25) is 0 Å². The van der Waals surface area contributed by atoms with E-state index in [0.29, 0.717) is 10.8 Å². The minimum Gasteiger partial charge on any atom is -0.454 e. The van der Waals surface area contributed by atoms with Crippen molar-refractivity contribution in [2.75, 3.05) is 12.5 Å². The summed E-state index contributed by atoms with van der Waals surface area (Å²) in [5, 5.41) is 1.45. The van der Waals surface area contributed by atoms with Crippen LogP contribution in [0.2, 0.25) is 5.02 Å². The normalized spacial score (nSPS) is 14.3. The number of hydrogen-bond donors (Lipinski definition) is 1. The van der Waals surface area contributed by atoms with Crippen molar-refractivity contribution in [3.05, 3.63) is 47.1 Å². The monoisotopic (exact) mass is 308 g/mol. The molecule has 3 rings (SSSR count). The van der Waals surface area contributed by atoms with Crippen molar-refractivity contribution >= 4 is 23.4 Å². The molecule has 2 heterocycles. The third kappa shape index (κ3) is 2.85. The number of hydrogen-bond acceptors (Lipinski definition) is 5. The summed E-state index contributed by atoms with van der Waals surface area (Å²) in [5.41, 5.74) is 7.21. The van der Waals surface area contributed by atoms with Crippen LogP contribution in [-0.4, -0.2) is 17.5 Å². The van der Waals surface area contributed by atoms with Gasteiger partial charge in [0.15, 0.2) is 11.5 Å². The van der Waals surface area contributed by atoms with Crippen LogP contribution in [0.25, 0.3) is 0 Å². The average molecular weight is 309 g/mol. The second kappa shape index (κ2) is 5.91. The summed E-state index contributed by atoms with van der Waals surface area (Å²) < 4.78 is 10.6. The number of halogens is 1. The second-order valence-electron chi connectivity index (χ2n) is 4.32. The number of rotatable bonds is 4. The van der Waals surface area contributed by atoms with E-state index in [2.05, 4.69) is 4.98 Å². The van der Waals surface area contributed by atoms with Gasteiger partial charge in [-0.25, -0.2) is 4.98 Å². The van der Waals surface area contributed by atoms with Crippen LogP contribution in [0.1, 0.15) is 11.6 Å². The molecule has 1 unspecified atom stereocenters. The number of nitrogens with zero attached hydrogens (tertiary/aromatic N) is 1. The van der Waals surface area contributed by atoms with E-state index < -0.39 is 0 Å². The molecule has 4 nitrogen and oxygen atoms in total. The number of thioether (sulfide) groups is 1. The Kier molecular flexibility index (Phi) is 4.00. The van der Waals surface area contributed by atoms with Crippen molar-refractivity contribution in [2.45, 2.75) is 11.1 Å². The number of fused-ring (bicyclic) bond motifs is 1. The molecule has 2 N–H and O–H groups in total. The minimum atomic E-state index is -0.118. The number of nitrogens with two attached hydrogens (primary N) is 1. The van der Waals surface area contributed by atoms with Gasteiger partial charge in [-0.15, -0.1) is 11.8 Å². The fourth-order valence-corrected chi connectivity index (χ4v) is 3.04. The molecule has 0 fully saturated rings. The first-order valence-corrected chi connectivity index (χ1v) is 7.49. The van der Waals surface area contributed by atoms with Crippen molar-refractivity contribution in [3.63, 3.8) is 0 Å². The Bertz CT molecular complexity index is 624. The molecule has 0 radical (unpaired) electrons. The maximum Gasteiger partial charge on any atom is 0.231 e. The Morgan fingerprint density at radius 3 is 3.00 bits per heavy atom. The van der Waals surface area contributed by atoms with E-state index >= 15 is 0 Å². The van der Waals surface area contributed by atoms with Gasteiger partial charge in [-0.1, -0.05) is 17.7 Å². The number of aromatic nitrogens is 1. The standard InChI is InChI=1S/C14H13ClN2O2S/c15-10-2-1-5-17-14(10)20-7-11(16)9-3-4-12-13(6-9)19-8-18-12/h1-6,11H,7-8,16H2. The van der Waals surface area contributed by atoms with Crippen LogP contribution < -0.4 is 15.2 Å². The van der Waals surface area contributed by atoms with Crippen molar-refractivity contribution in [3.8, 4) is 11.5 Å². The molecule has 1 atom stereocenters. The van der Waals surface area contributed by atoms with Gasteiger partial charge in [0.1, 0.15) is 5.03 Å². The van der Waals surface area contributed by atoms with Gasteiger partial charge in [0.2, 0.25) is 6.79 Å². The molecule has 0 aliphatic carbocycles. The number of benzene rings is 1.